The number of amides is 1. The molecule has 1 amide bonds. The molecular formula is C15H18N2O3. The number of hydrogen-bond acceptors (Lipinski definition) is 4. The molecule has 2 N–H and O–H groups in total. The molecule has 2 unspecified atom stereocenters. The van der Waals surface area contributed by atoms with Gasteiger partial charge in [0, 0.05) is 31.5 Å². The van der Waals surface area contributed by atoms with Crippen molar-refractivity contribution in [1.82, 2.24) is 10.3 Å². The summed E-state index contributed by atoms with van der Waals surface area (Å²) in [6, 6.07) is 1.63. The topological polar surface area (TPSA) is 71.5 Å². The van der Waals surface area contributed by atoms with Crippen molar-refractivity contribution < 1.29 is 14.6 Å². The Balaban J connectivity index is 2.02. The van der Waals surface area contributed by atoms with Gasteiger partial charge in [-0.15, -0.1) is 0 Å². The van der Waals surface area contributed by atoms with Crippen LogP contribution in [-0.2, 0) is 4.74 Å². The van der Waals surface area contributed by atoms with Gasteiger partial charge in [0.2, 0.25) is 0 Å². The highest BCUT2D eigenvalue weighted by Crippen LogP contribution is 2.19. The first-order valence-electron chi connectivity index (χ1n) is 6.66. The first kappa shape index (κ1) is 14.5. The Morgan fingerprint density at radius 3 is 3.20 bits per heavy atom. The Labute approximate surface area is 118 Å². The number of nitrogens with one attached hydrogen (secondary N) is 1. The van der Waals surface area contributed by atoms with Gasteiger partial charge in [0.25, 0.3) is 5.91 Å². The molecule has 5 heteroatoms. The fourth-order valence-corrected chi connectivity index (χ4v) is 2.19. The van der Waals surface area contributed by atoms with Crippen LogP contribution in [0.25, 0.3) is 0 Å². The smallest absolute Gasteiger partial charge is 0.252 e. The number of aliphatic hydroxyl groups is 1. The summed E-state index contributed by atoms with van der Waals surface area (Å²) >= 11 is 0. The van der Waals surface area contributed by atoms with E-state index < -0.39 is 0 Å². The van der Waals surface area contributed by atoms with Crippen LogP contribution in [0.4, 0.5) is 0 Å². The summed E-state index contributed by atoms with van der Waals surface area (Å²) < 4.78 is 5.47. The van der Waals surface area contributed by atoms with Gasteiger partial charge in [-0.2, -0.15) is 0 Å². The van der Waals surface area contributed by atoms with Crippen LogP contribution in [0.5, 0.6) is 0 Å². The molecule has 0 spiro atoms. The van der Waals surface area contributed by atoms with Crippen LogP contribution >= 0.6 is 0 Å². The van der Waals surface area contributed by atoms with Crippen LogP contribution < -0.4 is 5.32 Å². The molecular weight excluding hydrogens is 256 g/mol. The van der Waals surface area contributed by atoms with E-state index in [0.29, 0.717) is 23.6 Å². The zero-order chi connectivity index (χ0) is 14.4. The monoisotopic (exact) mass is 274 g/mol. The summed E-state index contributed by atoms with van der Waals surface area (Å²) in [6.45, 7) is 3.13. The van der Waals surface area contributed by atoms with Crippen molar-refractivity contribution in [3.05, 3.63) is 29.6 Å². The van der Waals surface area contributed by atoms with Gasteiger partial charge in [0.15, 0.2) is 0 Å². The van der Waals surface area contributed by atoms with Crippen LogP contribution in [0, 0.1) is 17.8 Å². The van der Waals surface area contributed by atoms with Crippen molar-refractivity contribution in [3.8, 4) is 11.8 Å². The number of aromatic nitrogens is 1. The molecule has 1 aromatic heterocycles. The number of hydrogen-bond donors (Lipinski definition) is 2. The Hall–Kier alpha value is -1.90. The van der Waals surface area contributed by atoms with E-state index >= 15 is 0 Å². The third-order valence-electron chi connectivity index (χ3n) is 3.43. The molecule has 2 heterocycles. The molecule has 0 saturated carbocycles. The Morgan fingerprint density at radius 1 is 1.65 bits per heavy atom. The van der Waals surface area contributed by atoms with Crippen LogP contribution in [0.15, 0.2) is 18.5 Å². The minimum atomic E-state index is -0.243. The predicted molar refractivity (Wildman–Crippen MR) is 74.1 cm³/mol. The molecule has 0 bridgehead atoms. The Bertz CT molecular complexity index is 533. The number of carbonyl (C=O) groups is 1. The van der Waals surface area contributed by atoms with Crippen molar-refractivity contribution in [2.24, 2.45) is 5.92 Å². The lowest BCUT2D eigenvalue weighted by Crippen LogP contribution is -2.32. The van der Waals surface area contributed by atoms with Gasteiger partial charge in [-0.25, -0.2) is 0 Å². The third-order valence-corrected chi connectivity index (χ3v) is 3.43. The van der Waals surface area contributed by atoms with Gasteiger partial charge < -0.3 is 15.2 Å². The normalized spacial score (nSPS) is 21.1. The quantitative estimate of drug-likeness (QED) is 0.791. The highest BCUT2D eigenvalue weighted by molar-refractivity contribution is 5.96. The number of carbonyl (C=O) groups excluding carboxylic acids is 1. The van der Waals surface area contributed by atoms with Crippen molar-refractivity contribution in [3.63, 3.8) is 0 Å². The fourth-order valence-electron chi connectivity index (χ4n) is 2.19. The number of nitrogens with zero attached hydrogens (tertiary/aromatic N) is 1. The average Bonchev–Trinajstić information content (AvgIpc) is 2.88. The summed E-state index contributed by atoms with van der Waals surface area (Å²) in [5.41, 5.74) is 1.00. The van der Waals surface area contributed by atoms with Crippen molar-refractivity contribution in [2.75, 3.05) is 19.8 Å². The van der Waals surface area contributed by atoms with Crippen LogP contribution in [0.2, 0.25) is 0 Å². The molecule has 5 nitrogen and oxygen atoms in total. The molecule has 1 aliphatic heterocycles. The molecule has 1 saturated heterocycles. The van der Waals surface area contributed by atoms with E-state index in [0.717, 1.165) is 13.0 Å². The van der Waals surface area contributed by atoms with Crippen LogP contribution in [0.1, 0.15) is 29.3 Å². The largest absolute Gasteiger partial charge is 0.384 e. The highest BCUT2D eigenvalue weighted by Gasteiger charge is 2.24. The van der Waals surface area contributed by atoms with E-state index in [9.17, 15) is 4.79 Å². The van der Waals surface area contributed by atoms with E-state index in [1.165, 1.54) is 6.20 Å². The lowest BCUT2D eigenvalue weighted by Gasteiger charge is -2.15. The molecule has 106 valence electrons. The van der Waals surface area contributed by atoms with E-state index in [2.05, 4.69) is 22.1 Å². The Morgan fingerprint density at radius 2 is 2.50 bits per heavy atom. The fraction of sp³-hybridized carbons (Fsp3) is 0.467. The number of pyridine rings is 1. The summed E-state index contributed by atoms with van der Waals surface area (Å²) in [5, 5.41) is 11.6. The van der Waals surface area contributed by atoms with Gasteiger partial charge in [0.1, 0.15) is 6.61 Å². The first-order chi connectivity index (χ1) is 9.72. The zero-order valence-corrected chi connectivity index (χ0v) is 11.4. The standard InChI is InChI=1S/C15H18N2O3/c1-11-12(5-8-20-11)10-17-15(19)14-4-6-16-9-13(14)3-2-7-18/h4,6,9,11-12,18H,5,7-8,10H2,1H3,(H,17,19). The summed E-state index contributed by atoms with van der Waals surface area (Å²) in [6.07, 6.45) is 4.23. The van der Waals surface area contributed by atoms with Gasteiger partial charge >= 0.3 is 0 Å². The van der Waals surface area contributed by atoms with Crippen LogP contribution in [-0.4, -0.2) is 41.9 Å². The van der Waals surface area contributed by atoms with E-state index in [1.807, 2.05) is 6.92 Å². The number of ether oxygens (including phenoxy) is 1. The number of aliphatic hydroxyl groups excluding tert-OH is 1. The predicted octanol–water partition coefficient (Wildman–Crippen LogP) is 0.580. The molecule has 2 atom stereocenters. The van der Waals surface area contributed by atoms with E-state index in [4.69, 9.17) is 9.84 Å². The van der Waals surface area contributed by atoms with E-state index in [-0.39, 0.29) is 18.6 Å². The SMILES string of the molecule is CC1OCCC1CNC(=O)c1ccncc1C#CCO. The summed E-state index contributed by atoms with van der Waals surface area (Å²) in [4.78, 5) is 16.1. The molecule has 1 aliphatic rings. The summed E-state index contributed by atoms with van der Waals surface area (Å²) in [7, 11) is 0. The second-order valence-corrected chi connectivity index (χ2v) is 4.72. The molecule has 2 rings (SSSR count). The zero-order valence-electron chi connectivity index (χ0n) is 11.4. The van der Waals surface area contributed by atoms with Gasteiger partial charge in [-0.05, 0) is 19.4 Å². The van der Waals surface area contributed by atoms with Crippen molar-refractivity contribution in [2.45, 2.75) is 19.4 Å². The molecule has 1 fully saturated rings. The minimum Gasteiger partial charge on any atom is -0.384 e. The summed E-state index contributed by atoms with van der Waals surface area (Å²) in [5.74, 6) is 5.44. The lowest BCUT2D eigenvalue weighted by atomic mass is 10.0. The molecule has 0 aromatic carbocycles. The maximum absolute atomic E-state index is 12.2. The molecule has 1 aromatic rings. The molecule has 20 heavy (non-hydrogen) atoms. The third kappa shape index (κ3) is 3.56. The second kappa shape index (κ2) is 7.04. The van der Waals surface area contributed by atoms with Gasteiger partial charge in [-0.1, -0.05) is 11.8 Å². The lowest BCUT2D eigenvalue weighted by molar-refractivity contribution is 0.0907. The highest BCUT2D eigenvalue weighted by atomic mass is 16.5. The van der Waals surface area contributed by atoms with Gasteiger partial charge in [0.05, 0.1) is 17.2 Å². The maximum atomic E-state index is 12.2. The molecule has 0 aliphatic carbocycles. The number of rotatable bonds is 3. The first-order valence-corrected chi connectivity index (χ1v) is 6.66. The van der Waals surface area contributed by atoms with Crippen molar-refractivity contribution >= 4 is 5.91 Å². The van der Waals surface area contributed by atoms with E-state index in [1.54, 1.807) is 12.3 Å². The van der Waals surface area contributed by atoms with Crippen LogP contribution in [0.3, 0.4) is 0 Å². The minimum absolute atomic E-state index is 0.172. The Kier molecular flexibility index (Phi) is 5.10. The maximum Gasteiger partial charge on any atom is 0.252 e. The van der Waals surface area contributed by atoms with Crippen molar-refractivity contribution in [1.29, 1.82) is 0 Å². The molecule has 0 radical (unpaired) electrons. The second-order valence-electron chi connectivity index (χ2n) is 4.72. The van der Waals surface area contributed by atoms with Gasteiger partial charge in [-0.3, -0.25) is 9.78 Å². The average molecular weight is 274 g/mol.